The van der Waals surface area contributed by atoms with Crippen LogP contribution in [-0.4, -0.2) is 10.7 Å². The van der Waals surface area contributed by atoms with E-state index in [1.54, 1.807) is 18.2 Å². The molecular weight excluding hydrogens is 425 g/mol. The van der Waals surface area contributed by atoms with Gasteiger partial charge in [0.2, 0.25) is 0 Å². The third kappa shape index (κ3) is 3.85. The normalized spacial score (nSPS) is 11.7. The Kier molecular flexibility index (Phi) is 5.81. The van der Waals surface area contributed by atoms with Crippen molar-refractivity contribution in [2.24, 2.45) is 0 Å². The molecule has 0 unspecified atom stereocenters. The minimum atomic E-state index is -0.328. The molecule has 2 rings (SSSR count). The van der Waals surface area contributed by atoms with Crippen LogP contribution in [0.3, 0.4) is 0 Å². The fourth-order valence-electron chi connectivity index (χ4n) is 2.23. The van der Waals surface area contributed by atoms with Crippen LogP contribution in [0.5, 0.6) is 0 Å². The van der Waals surface area contributed by atoms with Crippen molar-refractivity contribution in [3.8, 4) is 0 Å². The van der Waals surface area contributed by atoms with E-state index in [4.69, 9.17) is 11.6 Å². The van der Waals surface area contributed by atoms with Crippen LogP contribution in [0.25, 0.3) is 0 Å². The summed E-state index contributed by atoms with van der Waals surface area (Å²) >= 11 is 13.2. The van der Waals surface area contributed by atoms with Gasteiger partial charge in [-0.05, 0) is 47.9 Å². The quantitative estimate of drug-likeness (QED) is 0.511. The number of benzene rings is 2. The van der Waals surface area contributed by atoms with Crippen molar-refractivity contribution in [2.75, 3.05) is 10.7 Å². The summed E-state index contributed by atoms with van der Waals surface area (Å²) in [7, 11) is 0. The molecule has 0 saturated carbocycles. The molecule has 112 valence electrons. The van der Waals surface area contributed by atoms with Gasteiger partial charge in [0, 0.05) is 21.1 Å². The third-order valence-corrected chi connectivity index (χ3v) is 6.02. The number of alkyl halides is 2. The van der Waals surface area contributed by atoms with E-state index in [1.807, 2.05) is 0 Å². The third-order valence-electron chi connectivity index (χ3n) is 3.50. The Hall–Kier alpha value is -0.450. The summed E-state index contributed by atoms with van der Waals surface area (Å²) in [5.74, 6) is -0.591. The fraction of sp³-hybridized carbons (Fsp3) is 0.250. The second-order valence-electron chi connectivity index (χ2n) is 4.97. The molecule has 5 heteroatoms. The maximum absolute atomic E-state index is 13.5. The van der Waals surface area contributed by atoms with Crippen molar-refractivity contribution < 1.29 is 8.78 Å². The van der Waals surface area contributed by atoms with Crippen molar-refractivity contribution in [3.05, 3.63) is 70.2 Å². The van der Waals surface area contributed by atoms with Gasteiger partial charge >= 0.3 is 0 Å². The Morgan fingerprint density at radius 1 is 0.905 bits per heavy atom. The van der Waals surface area contributed by atoms with Crippen molar-refractivity contribution >= 4 is 43.5 Å². The number of rotatable bonds is 5. The number of hydrogen-bond donors (Lipinski definition) is 0. The van der Waals surface area contributed by atoms with Crippen molar-refractivity contribution in [2.45, 2.75) is 11.8 Å². The molecular formula is C16H13Br2ClF2. The zero-order valence-electron chi connectivity index (χ0n) is 11.1. The smallest absolute Gasteiger partial charge is 0.123 e. The average molecular weight is 439 g/mol. The van der Waals surface area contributed by atoms with E-state index in [-0.39, 0.29) is 17.0 Å². The highest BCUT2D eigenvalue weighted by atomic mass is 79.9. The minimum Gasteiger partial charge on any atom is -0.207 e. The predicted molar refractivity (Wildman–Crippen MR) is 90.8 cm³/mol. The van der Waals surface area contributed by atoms with Crippen molar-refractivity contribution in [3.63, 3.8) is 0 Å². The average Bonchev–Trinajstić information content (AvgIpc) is 2.49. The molecule has 0 aromatic heterocycles. The topological polar surface area (TPSA) is 0 Å². The van der Waals surface area contributed by atoms with E-state index < -0.39 is 0 Å². The molecule has 0 bridgehead atoms. The summed E-state index contributed by atoms with van der Waals surface area (Å²) in [6.07, 6.45) is 0.547. The van der Waals surface area contributed by atoms with Crippen LogP contribution in [-0.2, 0) is 11.8 Å². The summed E-state index contributed by atoms with van der Waals surface area (Å²) in [5, 5.41) is 1.82. The van der Waals surface area contributed by atoms with Gasteiger partial charge in [0.1, 0.15) is 11.6 Å². The zero-order valence-corrected chi connectivity index (χ0v) is 15.0. The minimum absolute atomic E-state index is 0.277. The first-order valence-electron chi connectivity index (χ1n) is 6.33. The van der Waals surface area contributed by atoms with E-state index >= 15 is 0 Å². The summed E-state index contributed by atoms with van der Waals surface area (Å²) < 4.78 is 26.6. The first kappa shape index (κ1) is 16.9. The Bertz CT molecular complexity index is 610. The van der Waals surface area contributed by atoms with E-state index in [0.29, 0.717) is 22.1 Å². The van der Waals surface area contributed by atoms with Gasteiger partial charge in [-0.2, -0.15) is 0 Å². The van der Waals surface area contributed by atoms with E-state index in [9.17, 15) is 8.78 Å². The summed E-state index contributed by atoms with van der Waals surface area (Å²) in [5.41, 5.74) is 1.38. The molecule has 0 aliphatic heterocycles. The highest BCUT2D eigenvalue weighted by molar-refractivity contribution is 9.09. The Balaban J connectivity index is 2.42. The largest absolute Gasteiger partial charge is 0.207 e. The van der Waals surface area contributed by atoms with Gasteiger partial charge in [-0.15, -0.1) is 0 Å². The Morgan fingerprint density at radius 2 is 1.48 bits per heavy atom. The lowest BCUT2D eigenvalue weighted by molar-refractivity contribution is 0.544. The Labute approximate surface area is 144 Å². The van der Waals surface area contributed by atoms with Crippen LogP contribution >= 0.6 is 43.5 Å². The molecule has 0 atom stereocenters. The highest BCUT2D eigenvalue weighted by Gasteiger charge is 2.31. The van der Waals surface area contributed by atoms with Crippen LogP contribution < -0.4 is 0 Å². The number of hydrogen-bond acceptors (Lipinski definition) is 0. The van der Waals surface area contributed by atoms with Gasteiger partial charge in [0.15, 0.2) is 0 Å². The van der Waals surface area contributed by atoms with Crippen molar-refractivity contribution in [1.29, 1.82) is 0 Å². The lowest BCUT2D eigenvalue weighted by Crippen LogP contribution is -2.33. The maximum atomic E-state index is 13.5. The first-order valence-corrected chi connectivity index (χ1v) is 8.95. The monoisotopic (exact) mass is 436 g/mol. The van der Waals surface area contributed by atoms with E-state index in [0.717, 1.165) is 11.1 Å². The second kappa shape index (κ2) is 7.21. The van der Waals surface area contributed by atoms with Gasteiger partial charge in [0.05, 0.1) is 0 Å². The standard InChI is InChI=1S/C16H13Br2ClF2/c17-9-16(10-18,12-1-3-13(20)4-2-12)8-11-7-14(21)5-6-15(11)19/h1-7H,8-10H2. The first-order chi connectivity index (χ1) is 10.0. The summed E-state index contributed by atoms with van der Waals surface area (Å²) in [6, 6.07) is 10.7. The lowest BCUT2D eigenvalue weighted by Gasteiger charge is -2.31. The molecule has 2 aromatic rings. The molecule has 0 radical (unpaired) electrons. The van der Waals surface area contributed by atoms with Crippen LogP contribution in [0.4, 0.5) is 8.78 Å². The SMILES string of the molecule is Fc1ccc(C(CBr)(CBr)Cc2cc(F)ccc2Cl)cc1. The van der Waals surface area contributed by atoms with Crippen LogP contribution in [0.1, 0.15) is 11.1 Å². The molecule has 0 nitrogen and oxygen atoms in total. The van der Waals surface area contributed by atoms with Crippen LogP contribution in [0.15, 0.2) is 42.5 Å². The van der Waals surface area contributed by atoms with E-state index in [2.05, 4.69) is 31.9 Å². The molecule has 0 fully saturated rings. The molecule has 0 N–H and O–H groups in total. The number of halogens is 5. The van der Waals surface area contributed by atoms with Gasteiger partial charge in [-0.3, -0.25) is 0 Å². The molecule has 0 spiro atoms. The van der Waals surface area contributed by atoms with Gasteiger partial charge in [-0.1, -0.05) is 55.6 Å². The molecule has 0 aliphatic rings. The predicted octanol–water partition coefficient (Wildman–Crippen LogP) is 5.89. The summed E-state index contributed by atoms with van der Waals surface area (Å²) in [4.78, 5) is 0. The zero-order chi connectivity index (χ0) is 15.5. The van der Waals surface area contributed by atoms with Crippen LogP contribution in [0.2, 0.25) is 5.02 Å². The molecule has 2 aromatic carbocycles. The summed E-state index contributed by atoms with van der Waals surface area (Å²) in [6.45, 7) is 0. The van der Waals surface area contributed by atoms with Gasteiger partial charge < -0.3 is 0 Å². The maximum Gasteiger partial charge on any atom is 0.123 e. The second-order valence-corrected chi connectivity index (χ2v) is 6.50. The Morgan fingerprint density at radius 3 is 2.05 bits per heavy atom. The molecule has 0 amide bonds. The lowest BCUT2D eigenvalue weighted by atomic mass is 9.79. The van der Waals surface area contributed by atoms with Crippen molar-refractivity contribution in [1.82, 2.24) is 0 Å². The molecule has 21 heavy (non-hydrogen) atoms. The van der Waals surface area contributed by atoms with Crippen LogP contribution in [0, 0.1) is 11.6 Å². The van der Waals surface area contributed by atoms with Gasteiger partial charge in [-0.25, -0.2) is 8.78 Å². The molecule has 0 saturated heterocycles. The van der Waals surface area contributed by atoms with E-state index in [1.165, 1.54) is 24.3 Å². The fourth-order valence-corrected chi connectivity index (χ4v) is 4.39. The van der Waals surface area contributed by atoms with Gasteiger partial charge in [0.25, 0.3) is 0 Å². The molecule has 0 aliphatic carbocycles. The highest BCUT2D eigenvalue weighted by Crippen LogP contribution is 2.35. The molecule has 0 heterocycles.